The maximum absolute atomic E-state index is 12.8. The van der Waals surface area contributed by atoms with Gasteiger partial charge in [-0.3, -0.25) is 9.78 Å². The van der Waals surface area contributed by atoms with Crippen LogP contribution < -0.4 is 0 Å². The minimum Gasteiger partial charge on any atom is -0.325 e. The van der Waals surface area contributed by atoms with Crippen LogP contribution >= 0.6 is 11.5 Å². The van der Waals surface area contributed by atoms with Crippen LogP contribution in [0, 0.1) is 0 Å². The number of nitrogens with zero attached hydrogens (tertiary/aromatic N) is 4. The smallest absolute Gasteiger partial charge is 0.276 e. The normalized spacial score (nSPS) is 11.9. The predicted molar refractivity (Wildman–Crippen MR) is 88.9 cm³/mol. The quantitative estimate of drug-likeness (QED) is 0.722. The molecular formula is C17H16N4OS. The second-order valence-electron chi connectivity index (χ2n) is 5.13. The summed E-state index contributed by atoms with van der Waals surface area (Å²) < 4.78 is 3.79. The fourth-order valence-corrected chi connectivity index (χ4v) is 2.80. The van der Waals surface area contributed by atoms with E-state index in [-0.39, 0.29) is 11.9 Å². The molecule has 0 unspecified atom stereocenters. The lowest BCUT2D eigenvalue weighted by molar-refractivity contribution is 0.0665. The molecule has 2 heterocycles. The molecule has 1 aromatic carbocycles. The van der Waals surface area contributed by atoms with Crippen molar-refractivity contribution in [3.63, 3.8) is 0 Å². The number of carbonyl (C=O) groups is 1. The zero-order valence-corrected chi connectivity index (χ0v) is 13.5. The highest BCUT2D eigenvalue weighted by Crippen LogP contribution is 2.23. The summed E-state index contributed by atoms with van der Waals surface area (Å²) in [7, 11) is 0. The molecule has 0 fully saturated rings. The SMILES string of the molecule is C[C@H](c1ccccc1)N(Cc1ccccn1)C(=O)c1csnn1. The molecule has 116 valence electrons. The molecule has 0 radical (unpaired) electrons. The van der Waals surface area contributed by atoms with E-state index in [1.54, 1.807) is 16.5 Å². The molecule has 1 amide bonds. The van der Waals surface area contributed by atoms with E-state index in [9.17, 15) is 4.79 Å². The summed E-state index contributed by atoms with van der Waals surface area (Å²) in [4.78, 5) is 18.9. The Balaban J connectivity index is 1.91. The fourth-order valence-electron chi connectivity index (χ4n) is 2.37. The van der Waals surface area contributed by atoms with E-state index in [1.807, 2.05) is 55.5 Å². The lowest BCUT2D eigenvalue weighted by Crippen LogP contribution is -2.33. The minimum atomic E-state index is -0.138. The van der Waals surface area contributed by atoms with E-state index in [2.05, 4.69) is 14.6 Å². The van der Waals surface area contributed by atoms with Crippen molar-refractivity contribution < 1.29 is 4.79 Å². The van der Waals surface area contributed by atoms with Crippen LogP contribution in [0.5, 0.6) is 0 Å². The number of hydrogen-bond donors (Lipinski definition) is 0. The van der Waals surface area contributed by atoms with E-state index in [0.29, 0.717) is 12.2 Å². The zero-order valence-electron chi connectivity index (χ0n) is 12.7. The van der Waals surface area contributed by atoms with Crippen LogP contribution in [-0.2, 0) is 6.54 Å². The van der Waals surface area contributed by atoms with Gasteiger partial charge in [0, 0.05) is 11.6 Å². The predicted octanol–water partition coefficient (Wildman–Crippen LogP) is 3.34. The molecule has 6 heteroatoms. The maximum Gasteiger partial charge on any atom is 0.276 e. The van der Waals surface area contributed by atoms with Crippen molar-refractivity contribution in [3.8, 4) is 0 Å². The largest absolute Gasteiger partial charge is 0.325 e. The summed E-state index contributed by atoms with van der Waals surface area (Å²) in [6.07, 6.45) is 1.73. The molecule has 23 heavy (non-hydrogen) atoms. The average molecular weight is 324 g/mol. The van der Waals surface area contributed by atoms with Gasteiger partial charge < -0.3 is 4.90 Å². The summed E-state index contributed by atoms with van der Waals surface area (Å²) in [5.41, 5.74) is 2.28. The Morgan fingerprint density at radius 1 is 1.17 bits per heavy atom. The van der Waals surface area contributed by atoms with E-state index in [0.717, 1.165) is 11.3 Å². The molecule has 5 nitrogen and oxygen atoms in total. The van der Waals surface area contributed by atoms with Crippen molar-refractivity contribution in [1.29, 1.82) is 0 Å². The first kappa shape index (κ1) is 15.3. The van der Waals surface area contributed by atoms with Gasteiger partial charge in [0.2, 0.25) is 0 Å². The van der Waals surface area contributed by atoms with Gasteiger partial charge in [-0.25, -0.2) is 0 Å². The highest BCUT2D eigenvalue weighted by molar-refractivity contribution is 7.03. The Morgan fingerprint density at radius 3 is 2.61 bits per heavy atom. The van der Waals surface area contributed by atoms with Gasteiger partial charge in [0.05, 0.1) is 18.3 Å². The molecule has 0 aliphatic heterocycles. The molecule has 0 N–H and O–H groups in total. The first-order valence-electron chi connectivity index (χ1n) is 7.28. The second-order valence-corrected chi connectivity index (χ2v) is 5.74. The molecule has 0 saturated heterocycles. The van der Waals surface area contributed by atoms with Crippen molar-refractivity contribution in [2.45, 2.75) is 19.5 Å². The highest BCUT2D eigenvalue weighted by Gasteiger charge is 2.25. The number of amides is 1. The van der Waals surface area contributed by atoms with Gasteiger partial charge >= 0.3 is 0 Å². The summed E-state index contributed by atoms with van der Waals surface area (Å²) >= 11 is 1.17. The number of hydrogen-bond acceptors (Lipinski definition) is 5. The van der Waals surface area contributed by atoms with Crippen LogP contribution in [0.15, 0.2) is 60.1 Å². The van der Waals surface area contributed by atoms with Crippen LogP contribution in [0.2, 0.25) is 0 Å². The topological polar surface area (TPSA) is 59.0 Å². The molecule has 1 atom stereocenters. The number of pyridine rings is 1. The number of carbonyl (C=O) groups excluding carboxylic acids is 1. The fraction of sp³-hybridized carbons (Fsp3) is 0.176. The third-order valence-corrected chi connectivity index (χ3v) is 4.15. The molecule has 0 saturated carbocycles. The zero-order chi connectivity index (χ0) is 16.1. The molecular weight excluding hydrogens is 308 g/mol. The molecule has 0 spiro atoms. The Hall–Kier alpha value is -2.60. The summed E-state index contributed by atoms with van der Waals surface area (Å²) in [6, 6.07) is 15.5. The molecule has 0 aliphatic carbocycles. The van der Waals surface area contributed by atoms with Gasteiger partial charge in [0.1, 0.15) is 0 Å². The highest BCUT2D eigenvalue weighted by atomic mass is 32.1. The second kappa shape index (κ2) is 7.11. The van der Waals surface area contributed by atoms with Gasteiger partial charge in [0.15, 0.2) is 5.69 Å². The van der Waals surface area contributed by atoms with E-state index in [1.165, 1.54) is 11.5 Å². The molecule has 0 bridgehead atoms. The van der Waals surface area contributed by atoms with Crippen LogP contribution in [0.3, 0.4) is 0 Å². The first-order chi connectivity index (χ1) is 11.3. The van der Waals surface area contributed by atoms with Crippen molar-refractivity contribution in [1.82, 2.24) is 19.5 Å². The van der Waals surface area contributed by atoms with Gasteiger partial charge in [-0.1, -0.05) is 40.9 Å². The maximum atomic E-state index is 12.8. The van der Waals surface area contributed by atoms with Gasteiger partial charge in [-0.2, -0.15) is 0 Å². The third-order valence-electron chi connectivity index (χ3n) is 3.65. The Morgan fingerprint density at radius 2 is 1.96 bits per heavy atom. The molecule has 0 aliphatic rings. The van der Waals surface area contributed by atoms with E-state index >= 15 is 0 Å². The average Bonchev–Trinajstić information content (AvgIpc) is 3.15. The van der Waals surface area contributed by atoms with Crippen LogP contribution in [0.25, 0.3) is 0 Å². The summed E-state index contributed by atoms with van der Waals surface area (Å²) in [6.45, 7) is 2.43. The third kappa shape index (κ3) is 3.60. The van der Waals surface area contributed by atoms with Crippen molar-refractivity contribution in [3.05, 3.63) is 77.1 Å². The van der Waals surface area contributed by atoms with Crippen molar-refractivity contribution >= 4 is 17.4 Å². The number of aromatic nitrogens is 3. The Bertz CT molecular complexity index is 747. The van der Waals surface area contributed by atoms with Crippen LogP contribution in [0.1, 0.15) is 34.7 Å². The van der Waals surface area contributed by atoms with Crippen molar-refractivity contribution in [2.24, 2.45) is 0 Å². The number of rotatable bonds is 5. The Labute approximate surface area is 138 Å². The molecule has 3 rings (SSSR count). The molecule has 2 aromatic heterocycles. The monoisotopic (exact) mass is 324 g/mol. The summed E-state index contributed by atoms with van der Waals surface area (Å²) in [5.74, 6) is -0.138. The van der Waals surface area contributed by atoms with Gasteiger partial charge in [-0.15, -0.1) is 5.10 Å². The van der Waals surface area contributed by atoms with Gasteiger partial charge in [-0.05, 0) is 36.2 Å². The number of benzene rings is 1. The van der Waals surface area contributed by atoms with Crippen LogP contribution in [-0.4, -0.2) is 25.4 Å². The Kier molecular flexibility index (Phi) is 4.73. The minimum absolute atomic E-state index is 0.0904. The summed E-state index contributed by atoms with van der Waals surface area (Å²) in [5, 5.41) is 5.58. The van der Waals surface area contributed by atoms with Gasteiger partial charge in [0.25, 0.3) is 5.91 Å². The van der Waals surface area contributed by atoms with Crippen LogP contribution in [0.4, 0.5) is 0 Å². The standard InChI is InChI=1S/C17H16N4OS/c1-13(14-7-3-2-4-8-14)21(11-15-9-5-6-10-18-15)17(22)16-12-23-20-19-16/h2-10,12-13H,11H2,1H3/t13-/m1/s1. The van der Waals surface area contributed by atoms with E-state index in [4.69, 9.17) is 0 Å². The van der Waals surface area contributed by atoms with E-state index < -0.39 is 0 Å². The van der Waals surface area contributed by atoms with Crippen molar-refractivity contribution in [2.75, 3.05) is 0 Å². The lowest BCUT2D eigenvalue weighted by Gasteiger charge is -2.28. The molecule has 3 aromatic rings. The first-order valence-corrected chi connectivity index (χ1v) is 8.12. The lowest BCUT2D eigenvalue weighted by atomic mass is 10.1.